The van der Waals surface area contributed by atoms with Gasteiger partial charge in [0, 0.05) is 17.5 Å². The monoisotopic (exact) mass is 138 g/mol. The Hall–Kier alpha value is -0.830. The van der Waals surface area contributed by atoms with Gasteiger partial charge in [-0.3, -0.25) is 0 Å². The van der Waals surface area contributed by atoms with Crippen LogP contribution in [0.3, 0.4) is 0 Å². The maximum atomic E-state index is 5.66. The molecule has 3 nitrogen and oxygen atoms in total. The summed E-state index contributed by atoms with van der Waals surface area (Å²) in [5.41, 5.74) is 6.84. The largest absolute Gasteiger partial charge is 0.361 e. The van der Waals surface area contributed by atoms with E-state index in [0.29, 0.717) is 12.0 Å². The van der Waals surface area contributed by atoms with Crippen LogP contribution in [0.5, 0.6) is 0 Å². The Balaban J connectivity index is 2.26. The molecule has 1 fully saturated rings. The topological polar surface area (TPSA) is 52.0 Å². The number of hydrogen-bond acceptors (Lipinski definition) is 3. The van der Waals surface area contributed by atoms with Crippen LogP contribution in [-0.2, 0) is 0 Å². The van der Waals surface area contributed by atoms with Gasteiger partial charge >= 0.3 is 0 Å². The average Bonchev–Trinajstić information content (AvgIpc) is 2.42. The van der Waals surface area contributed by atoms with Gasteiger partial charge in [0.25, 0.3) is 0 Å². The quantitative estimate of drug-likeness (QED) is 0.624. The molecule has 0 saturated heterocycles. The van der Waals surface area contributed by atoms with Crippen molar-refractivity contribution < 1.29 is 4.52 Å². The molecular weight excluding hydrogens is 128 g/mol. The Morgan fingerprint density at radius 2 is 2.50 bits per heavy atom. The van der Waals surface area contributed by atoms with Crippen LogP contribution >= 0.6 is 0 Å². The van der Waals surface area contributed by atoms with E-state index < -0.39 is 0 Å². The van der Waals surface area contributed by atoms with E-state index in [2.05, 4.69) is 5.16 Å². The highest BCUT2D eigenvalue weighted by atomic mass is 16.5. The minimum Gasteiger partial charge on any atom is -0.361 e. The summed E-state index contributed by atoms with van der Waals surface area (Å²) in [5.74, 6) is 1.43. The third-order valence-electron chi connectivity index (χ3n) is 2.03. The Labute approximate surface area is 59.2 Å². The molecule has 0 aromatic carbocycles. The second-order valence-corrected chi connectivity index (χ2v) is 2.84. The van der Waals surface area contributed by atoms with Crippen LogP contribution in [0.15, 0.2) is 10.7 Å². The molecule has 1 aromatic rings. The van der Waals surface area contributed by atoms with Crippen LogP contribution in [0, 0.1) is 6.92 Å². The lowest BCUT2D eigenvalue weighted by Gasteiger charge is -1.89. The Kier molecular flexibility index (Phi) is 1.08. The zero-order chi connectivity index (χ0) is 7.14. The van der Waals surface area contributed by atoms with Crippen molar-refractivity contribution in [2.45, 2.75) is 25.3 Å². The predicted octanol–water partition coefficient (Wildman–Crippen LogP) is 0.798. The van der Waals surface area contributed by atoms with Crippen LogP contribution in [0.2, 0.25) is 0 Å². The number of aromatic nitrogens is 1. The van der Waals surface area contributed by atoms with Gasteiger partial charge in [0.05, 0.1) is 6.20 Å². The minimum atomic E-state index is 0.345. The Morgan fingerprint density at radius 1 is 1.80 bits per heavy atom. The zero-order valence-electron chi connectivity index (χ0n) is 5.87. The highest BCUT2D eigenvalue weighted by Gasteiger charge is 2.37. The molecule has 10 heavy (non-hydrogen) atoms. The molecule has 3 heteroatoms. The highest BCUT2D eigenvalue weighted by Crippen LogP contribution is 2.40. The highest BCUT2D eigenvalue weighted by molar-refractivity contribution is 5.26. The number of aryl methyl sites for hydroxylation is 1. The summed E-state index contributed by atoms with van der Waals surface area (Å²) in [6, 6.07) is 0.345. The van der Waals surface area contributed by atoms with Crippen molar-refractivity contribution in [3.63, 3.8) is 0 Å². The maximum absolute atomic E-state index is 5.66. The number of hydrogen-bond donors (Lipinski definition) is 1. The zero-order valence-corrected chi connectivity index (χ0v) is 5.87. The summed E-state index contributed by atoms with van der Waals surface area (Å²) < 4.78 is 4.91. The molecule has 0 spiro atoms. The fourth-order valence-corrected chi connectivity index (χ4v) is 1.23. The van der Waals surface area contributed by atoms with Gasteiger partial charge in [0.2, 0.25) is 0 Å². The molecule has 54 valence electrons. The standard InChI is InChI=1S/C7H10N2O/c1-4-6(3-9-10-4)5-2-7(5)8/h3,5,7H,2,8H2,1H3. The van der Waals surface area contributed by atoms with Gasteiger partial charge in [-0.15, -0.1) is 0 Å². The van der Waals surface area contributed by atoms with Crippen molar-refractivity contribution in [1.82, 2.24) is 5.16 Å². The van der Waals surface area contributed by atoms with Crippen molar-refractivity contribution in [3.8, 4) is 0 Å². The maximum Gasteiger partial charge on any atom is 0.137 e. The van der Waals surface area contributed by atoms with Crippen LogP contribution in [0.25, 0.3) is 0 Å². The third-order valence-corrected chi connectivity index (χ3v) is 2.03. The molecule has 1 saturated carbocycles. The molecular formula is C7H10N2O. The summed E-state index contributed by atoms with van der Waals surface area (Å²) in [5, 5.41) is 3.69. The van der Waals surface area contributed by atoms with Crippen LogP contribution in [-0.4, -0.2) is 11.2 Å². The lowest BCUT2D eigenvalue weighted by Crippen LogP contribution is -2.00. The first-order valence-electron chi connectivity index (χ1n) is 3.46. The van der Waals surface area contributed by atoms with Gasteiger partial charge in [-0.25, -0.2) is 0 Å². The molecule has 0 amide bonds. The van der Waals surface area contributed by atoms with Crippen molar-refractivity contribution in [3.05, 3.63) is 17.5 Å². The number of nitrogens with zero attached hydrogens (tertiary/aromatic N) is 1. The van der Waals surface area contributed by atoms with Gasteiger partial charge in [0.1, 0.15) is 5.76 Å². The van der Waals surface area contributed by atoms with Crippen molar-refractivity contribution in [1.29, 1.82) is 0 Å². The third kappa shape index (κ3) is 0.743. The second-order valence-electron chi connectivity index (χ2n) is 2.84. The van der Waals surface area contributed by atoms with Crippen molar-refractivity contribution in [2.24, 2.45) is 5.73 Å². The Morgan fingerprint density at radius 3 is 2.90 bits per heavy atom. The van der Waals surface area contributed by atoms with E-state index in [1.165, 1.54) is 5.56 Å². The lowest BCUT2D eigenvalue weighted by molar-refractivity contribution is 0.396. The molecule has 0 radical (unpaired) electrons. The van der Waals surface area contributed by atoms with E-state index in [9.17, 15) is 0 Å². The van der Waals surface area contributed by atoms with E-state index in [4.69, 9.17) is 10.3 Å². The minimum absolute atomic E-state index is 0.345. The summed E-state index contributed by atoms with van der Waals surface area (Å²) in [6.45, 7) is 1.92. The molecule has 1 heterocycles. The number of rotatable bonds is 1. The van der Waals surface area contributed by atoms with Gasteiger partial charge < -0.3 is 10.3 Å². The van der Waals surface area contributed by atoms with E-state index in [-0.39, 0.29) is 0 Å². The van der Waals surface area contributed by atoms with Gasteiger partial charge in [-0.2, -0.15) is 0 Å². The van der Waals surface area contributed by atoms with E-state index in [0.717, 1.165) is 12.2 Å². The van der Waals surface area contributed by atoms with Crippen LogP contribution in [0.4, 0.5) is 0 Å². The first-order valence-corrected chi connectivity index (χ1v) is 3.46. The predicted molar refractivity (Wildman–Crippen MR) is 36.6 cm³/mol. The Bertz CT molecular complexity index is 244. The molecule has 1 aromatic heterocycles. The summed E-state index contributed by atoms with van der Waals surface area (Å²) in [7, 11) is 0. The number of nitrogens with two attached hydrogens (primary N) is 1. The molecule has 0 aliphatic heterocycles. The van der Waals surface area contributed by atoms with Crippen LogP contribution in [0.1, 0.15) is 23.7 Å². The van der Waals surface area contributed by atoms with Crippen molar-refractivity contribution in [2.75, 3.05) is 0 Å². The molecule has 2 rings (SSSR count). The fourth-order valence-electron chi connectivity index (χ4n) is 1.23. The SMILES string of the molecule is Cc1oncc1C1CC1N. The van der Waals surface area contributed by atoms with Gasteiger partial charge in [0.15, 0.2) is 0 Å². The fraction of sp³-hybridized carbons (Fsp3) is 0.571. The molecule has 1 aliphatic rings. The van der Waals surface area contributed by atoms with E-state index in [1.54, 1.807) is 6.20 Å². The van der Waals surface area contributed by atoms with Crippen LogP contribution < -0.4 is 5.73 Å². The molecule has 2 N–H and O–H groups in total. The van der Waals surface area contributed by atoms with E-state index in [1.807, 2.05) is 6.92 Å². The summed E-state index contributed by atoms with van der Waals surface area (Å²) >= 11 is 0. The second kappa shape index (κ2) is 1.83. The summed E-state index contributed by atoms with van der Waals surface area (Å²) in [6.07, 6.45) is 2.86. The average molecular weight is 138 g/mol. The van der Waals surface area contributed by atoms with Gasteiger partial charge in [-0.1, -0.05) is 5.16 Å². The first-order chi connectivity index (χ1) is 4.79. The van der Waals surface area contributed by atoms with Gasteiger partial charge in [-0.05, 0) is 13.3 Å². The first kappa shape index (κ1) is 5.92. The molecule has 2 atom stereocenters. The molecule has 0 bridgehead atoms. The normalized spacial score (nSPS) is 30.6. The smallest absolute Gasteiger partial charge is 0.137 e. The molecule has 1 aliphatic carbocycles. The van der Waals surface area contributed by atoms with Crippen molar-refractivity contribution >= 4 is 0 Å². The van der Waals surface area contributed by atoms with E-state index >= 15 is 0 Å². The molecule has 2 unspecified atom stereocenters. The summed E-state index contributed by atoms with van der Waals surface area (Å²) in [4.78, 5) is 0. The lowest BCUT2D eigenvalue weighted by atomic mass is 10.2.